The van der Waals surface area contributed by atoms with Gasteiger partial charge in [0.2, 0.25) is 0 Å². The van der Waals surface area contributed by atoms with Crippen LogP contribution in [0.3, 0.4) is 0 Å². The number of carbonyl (C=O) groups excluding carboxylic acids is 1. The molecule has 5 heteroatoms. The fraction of sp³-hybridized carbons (Fsp3) is 0.462. The number of nitrogens with two attached hydrogens (primary N) is 1. The van der Waals surface area contributed by atoms with Crippen molar-refractivity contribution in [2.75, 3.05) is 25.1 Å². The summed E-state index contributed by atoms with van der Waals surface area (Å²) in [6, 6.07) is 4.12. The molecule has 1 amide bonds. The molecule has 1 saturated heterocycles. The fourth-order valence-corrected chi connectivity index (χ4v) is 3.96. The van der Waals surface area contributed by atoms with Crippen LogP contribution in [0.1, 0.15) is 21.0 Å². The molecule has 1 aliphatic rings. The van der Waals surface area contributed by atoms with Gasteiger partial charge >= 0.3 is 0 Å². The minimum atomic E-state index is 0.105. The summed E-state index contributed by atoms with van der Waals surface area (Å²) >= 11 is 3.35. The molecule has 0 bridgehead atoms. The molecule has 0 saturated carbocycles. The zero-order valence-corrected chi connectivity index (χ0v) is 11.9. The van der Waals surface area contributed by atoms with Gasteiger partial charge in [-0.25, -0.2) is 0 Å². The summed E-state index contributed by atoms with van der Waals surface area (Å²) in [4.78, 5) is 15.8. The lowest BCUT2D eigenvalue weighted by Crippen LogP contribution is -2.36. The van der Waals surface area contributed by atoms with Crippen LogP contribution in [0, 0.1) is 11.8 Å². The van der Waals surface area contributed by atoms with E-state index in [1.807, 2.05) is 35.8 Å². The molecule has 0 aromatic carbocycles. The Kier molecular flexibility index (Phi) is 4.70. The predicted octanol–water partition coefficient (Wildman–Crippen LogP) is 1.64. The third-order valence-electron chi connectivity index (χ3n) is 2.90. The SMILES string of the molecule is CN(C(=O)c1ccc(C#CCN)s1)C1CCSC1. The lowest BCUT2D eigenvalue weighted by molar-refractivity contribution is 0.0753. The summed E-state index contributed by atoms with van der Waals surface area (Å²) in [6.45, 7) is 0.348. The van der Waals surface area contributed by atoms with Crippen LogP contribution >= 0.6 is 23.1 Å². The van der Waals surface area contributed by atoms with E-state index in [-0.39, 0.29) is 5.91 Å². The topological polar surface area (TPSA) is 46.3 Å². The molecule has 1 aliphatic heterocycles. The summed E-state index contributed by atoms with van der Waals surface area (Å²) in [5.74, 6) is 8.06. The van der Waals surface area contributed by atoms with Crippen LogP contribution in [0.25, 0.3) is 0 Å². The Morgan fingerprint density at radius 1 is 1.61 bits per heavy atom. The predicted molar refractivity (Wildman–Crippen MR) is 78.1 cm³/mol. The van der Waals surface area contributed by atoms with Crippen molar-refractivity contribution < 1.29 is 4.79 Å². The van der Waals surface area contributed by atoms with E-state index >= 15 is 0 Å². The second-order valence-corrected chi connectivity index (χ2v) is 6.34. The van der Waals surface area contributed by atoms with Crippen molar-refractivity contribution in [1.29, 1.82) is 0 Å². The fourth-order valence-electron chi connectivity index (χ4n) is 1.83. The van der Waals surface area contributed by atoms with E-state index in [1.165, 1.54) is 11.3 Å². The zero-order chi connectivity index (χ0) is 13.0. The Balaban J connectivity index is 2.06. The van der Waals surface area contributed by atoms with Gasteiger partial charge in [-0.15, -0.1) is 11.3 Å². The van der Waals surface area contributed by atoms with Crippen molar-refractivity contribution in [2.45, 2.75) is 12.5 Å². The molecule has 1 fully saturated rings. The first-order valence-electron chi connectivity index (χ1n) is 5.86. The minimum absolute atomic E-state index is 0.105. The van der Waals surface area contributed by atoms with Gasteiger partial charge in [0.25, 0.3) is 5.91 Å². The molecule has 0 aliphatic carbocycles. The summed E-state index contributed by atoms with van der Waals surface area (Å²) in [5, 5.41) is 0. The molecule has 1 aromatic rings. The first-order chi connectivity index (χ1) is 8.72. The molecule has 96 valence electrons. The highest BCUT2D eigenvalue weighted by Gasteiger charge is 2.25. The monoisotopic (exact) mass is 280 g/mol. The van der Waals surface area contributed by atoms with Gasteiger partial charge in [-0.3, -0.25) is 4.79 Å². The highest BCUT2D eigenvalue weighted by atomic mass is 32.2. The summed E-state index contributed by atoms with van der Waals surface area (Å²) < 4.78 is 0. The second kappa shape index (κ2) is 6.28. The number of rotatable bonds is 2. The second-order valence-electron chi connectivity index (χ2n) is 4.10. The third-order valence-corrected chi connectivity index (χ3v) is 5.04. The van der Waals surface area contributed by atoms with Gasteiger partial charge in [0, 0.05) is 18.8 Å². The van der Waals surface area contributed by atoms with Crippen molar-refractivity contribution in [1.82, 2.24) is 4.90 Å². The third kappa shape index (κ3) is 3.08. The average molecular weight is 280 g/mol. The molecule has 2 rings (SSSR count). The molecule has 1 unspecified atom stereocenters. The lowest BCUT2D eigenvalue weighted by atomic mass is 10.2. The van der Waals surface area contributed by atoms with Crippen molar-refractivity contribution in [2.24, 2.45) is 5.73 Å². The largest absolute Gasteiger partial charge is 0.337 e. The summed E-state index contributed by atoms with van der Waals surface area (Å²) in [6.07, 6.45) is 1.10. The van der Waals surface area contributed by atoms with Gasteiger partial charge in [-0.1, -0.05) is 11.8 Å². The first kappa shape index (κ1) is 13.5. The average Bonchev–Trinajstić information content (AvgIpc) is 3.05. The molecular formula is C13H16N2OS2. The van der Waals surface area contributed by atoms with Crippen LogP contribution in [-0.4, -0.2) is 41.9 Å². The molecule has 2 N–H and O–H groups in total. The number of hydrogen-bond acceptors (Lipinski definition) is 4. The number of nitrogens with zero attached hydrogens (tertiary/aromatic N) is 1. The molecule has 0 spiro atoms. The van der Waals surface area contributed by atoms with Crippen LogP contribution in [0.15, 0.2) is 12.1 Å². The molecule has 3 nitrogen and oxygen atoms in total. The van der Waals surface area contributed by atoms with Crippen LogP contribution in [0.2, 0.25) is 0 Å². The molecule has 18 heavy (non-hydrogen) atoms. The molecule has 1 atom stereocenters. The van der Waals surface area contributed by atoms with Gasteiger partial charge in [0.15, 0.2) is 0 Å². The molecule has 1 aromatic heterocycles. The van der Waals surface area contributed by atoms with E-state index < -0.39 is 0 Å². The van der Waals surface area contributed by atoms with Crippen LogP contribution < -0.4 is 5.73 Å². The van der Waals surface area contributed by atoms with Gasteiger partial charge < -0.3 is 10.6 Å². The molecule has 2 heterocycles. The Morgan fingerprint density at radius 2 is 2.44 bits per heavy atom. The van der Waals surface area contributed by atoms with E-state index in [4.69, 9.17) is 5.73 Å². The van der Waals surface area contributed by atoms with Crippen molar-refractivity contribution >= 4 is 29.0 Å². The Labute approximate surface area is 116 Å². The van der Waals surface area contributed by atoms with E-state index in [0.29, 0.717) is 12.6 Å². The highest BCUT2D eigenvalue weighted by molar-refractivity contribution is 7.99. The maximum absolute atomic E-state index is 12.3. The zero-order valence-electron chi connectivity index (χ0n) is 10.3. The number of thioether (sulfide) groups is 1. The number of hydrogen-bond donors (Lipinski definition) is 1. The molecule has 0 radical (unpaired) electrons. The van der Waals surface area contributed by atoms with Crippen molar-refractivity contribution in [3.05, 3.63) is 21.9 Å². The van der Waals surface area contributed by atoms with Crippen molar-refractivity contribution in [3.63, 3.8) is 0 Å². The number of amides is 1. The van der Waals surface area contributed by atoms with E-state index in [2.05, 4.69) is 11.8 Å². The summed E-state index contributed by atoms with van der Waals surface area (Å²) in [5.41, 5.74) is 5.33. The lowest BCUT2D eigenvalue weighted by Gasteiger charge is -2.22. The van der Waals surface area contributed by atoms with Gasteiger partial charge in [-0.05, 0) is 24.3 Å². The molecular weight excluding hydrogens is 264 g/mol. The Hall–Kier alpha value is -0.960. The van der Waals surface area contributed by atoms with E-state index in [0.717, 1.165) is 27.7 Å². The quantitative estimate of drug-likeness (QED) is 0.838. The van der Waals surface area contributed by atoms with Crippen molar-refractivity contribution in [3.8, 4) is 11.8 Å². The standard InChI is InChI=1S/C13H16N2OS2/c1-15(10-6-8-17-9-10)13(16)12-5-4-11(18-12)3-2-7-14/h4-5,10H,6-9,14H2,1H3. The van der Waals surface area contributed by atoms with Crippen LogP contribution in [-0.2, 0) is 0 Å². The maximum Gasteiger partial charge on any atom is 0.263 e. The van der Waals surface area contributed by atoms with Gasteiger partial charge in [-0.2, -0.15) is 11.8 Å². The Morgan fingerprint density at radius 3 is 3.11 bits per heavy atom. The minimum Gasteiger partial charge on any atom is -0.337 e. The van der Waals surface area contributed by atoms with Crippen LogP contribution in [0.4, 0.5) is 0 Å². The first-order valence-corrected chi connectivity index (χ1v) is 7.83. The van der Waals surface area contributed by atoms with E-state index in [9.17, 15) is 4.79 Å². The van der Waals surface area contributed by atoms with Gasteiger partial charge in [0.05, 0.1) is 16.3 Å². The smallest absolute Gasteiger partial charge is 0.263 e. The number of carbonyl (C=O) groups is 1. The number of thiophene rings is 1. The Bertz CT molecular complexity index is 481. The summed E-state index contributed by atoms with van der Waals surface area (Å²) in [7, 11) is 1.89. The van der Waals surface area contributed by atoms with Crippen LogP contribution in [0.5, 0.6) is 0 Å². The highest BCUT2D eigenvalue weighted by Crippen LogP contribution is 2.24. The van der Waals surface area contributed by atoms with Gasteiger partial charge in [0.1, 0.15) is 0 Å². The maximum atomic E-state index is 12.3. The van der Waals surface area contributed by atoms with E-state index in [1.54, 1.807) is 0 Å². The normalized spacial score (nSPS) is 18.2.